The van der Waals surface area contributed by atoms with Crippen molar-refractivity contribution in [1.82, 2.24) is 4.90 Å². The van der Waals surface area contributed by atoms with E-state index in [1.807, 2.05) is 4.90 Å². The highest BCUT2D eigenvalue weighted by Crippen LogP contribution is 2.25. The first-order valence-corrected chi connectivity index (χ1v) is 6.84. The van der Waals surface area contributed by atoms with E-state index in [2.05, 4.69) is 0 Å². The monoisotopic (exact) mass is 269 g/mol. The molecule has 1 amide bonds. The van der Waals surface area contributed by atoms with Gasteiger partial charge in [0.15, 0.2) is 0 Å². The first-order chi connectivity index (χ1) is 8.70. The molecule has 0 bridgehead atoms. The van der Waals surface area contributed by atoms with E-state index >= 15 is 0 Å². The molecule has 1 aromatic rings. The average molecular weight is 270 g/mol. The van der Waals surface area contributed by atoms with Crippen molar-refractivity contribution >= 4 is 17.5 Å². The van der Waals surface area contributed by atoms with Gasteiger partial charge in [0, 0.05) is 18.5 Å². The molecule has 0 N–H and O–H groups in total. The number of hydrogen-bond donors (Lipinski definition) is 0. The summed E-state index contributed by atoms with van der Waals surface area (Å²) in [5.74, 6) is 0.199. The molecule has 2 nitrogen and oxygen atoms in total. The van der Waals surface area contributed by atoms with Gasteiger partial charge in [-0.05, 0) is 37.0 Å². The van der Waals surface area contributed by atoms with E-state index in [9.17, 15) is 9.18 Å². The van der Waals surface area contributed by atoms with Crippen LogP contribution in [0.3, 0.4) is 0 Å². The average Bonchev–Trinajstić information content (AvgIpc) is 2.26. The lowest BCUT2D eigenvalue weighted by molar-refractivity contribution is -0.134. The van der Waals surface area contributed by atoms with Crippen LogP contribution in [0.2, 0.25) is 0 Å². The summed E-state index contributed by atoms with van der Waals surface area (Å²) in [4.78, 5) is 14.0. The van der Waals surface area contributed by atoms with E-state index in [0.29, 0.717) is 18.5 Å². The Morgan fingerprint density at radius 2 is 2.22 bits per heavy atom. The fourth-order valence-corrected chi connectivity index (χ4v) is 2.41. The minimum absolute atomic E-state index is 0.0472. The maximum absolute atomic E-state index is 13.1. The van der Waals surface area contributed by atoms with Crippen LogP contribution in [-0.4, -0.2) is 29.3 Å². The van der Waals surface area contributed by atoms with Gasteiger partial charge in [-0.2, -0.15) is 0 Å². The van der Waals surface area contributed by atoms with Gasteiger partial charge in [-0.25, -0.2) is 4.39 Å². The van der Waals surface area contributed by atoms with Crippen LogP contribution in [0.15, 0.2) is 24.3 Å². The Hall–Kier alpha value is -1.09. The quantitative estimate of drug-likeness (QED) is 0.753. The van der Waals surface area contributed by atoms with Crippen molar-refractivity contribution in [3.05, 3.63) is 35.6 Å². The zero-order chi connectivity index (χ0) is 13.0. The lowest BCUT2D eigenvalue weighted by Gasteiger charge is -2.37. The number of alkyl halides is 1. The van der Waals surface area contributed by atoms with Gasteiger partial charge in [0.25, 0.3) is 0 Å². The molecule has 98 valence electrons. The molecule has 0 unspecified atom stereocenters. The minimum atomic E-state index is -0.298. The van der Waals surface area contributed by atoms with Gasteiger partial charge in [-0.1, -0.05) is 12.1 Å². The summed E-state index contributed by atoms with van der Waals surface area (Å²) in [5.41, 5.74) is 0.721. The van der Waals surface area contributed by atoms with E-state index in [1.54, 1.807) is 12.1 Å². The molecule has 0 radical (unpaired) electrons. The normalized spacial score (nSPS) is 15.2. The molecule has 1 saturated carbocycles. The Morgan fingerprint density at radius 3 is 2.78 bits per heavy atom. The summed E-state index contributed by atoms with van der Waals surface area (Å²) in [6.45, 7) is 0.584. The minimum Gasteiger partial charge on any atom is -0.338 e. The molecule has 2 rings (SSSR count). The van der Waals surface area contributed by atoms with E-state index in [-0.39, 0.29) is 18.1 Å². The molecule has 0 aliphatic heterocycles. The molecule has 0 saturated heterocycles. The summed E-state index contributed by atoms with van der Waals surface area (Å²) in [7, 11) is 0. The van der Waals surface area contributed by atoms with E-state index in [1.165, 1.54) is 18.6 Å². The van der Waals surface area contributed by atoms with Crippen molar-refractivity contribution in [2.24, 2.45) is 0 Å². The number of halogens is 2. The fraction of sp³-hybridized carbons (Fsp3) is 0.500. The molecule has 1 fully saturated rings. The van der Waals surface area contributed by atoms with Gasteiger partial charge in [0.1, 0.15) is 5.82 Å². The Balaban J connectivity index is 2.00. The van der Waals surface area contributed by atoms with Crippen LogP contribution in [0.5, 0.6) is 0 Å². The van der Waals surface area contributed by atoms with Crippen molar-refractivity contribution in [1.29, 1.82) is 0 Å². The van der Waals surface area contributed by atoms with Crippen LogP contribution < -0.4 is 0 Å². The standard InChI is InChI=1S/C14H17ClFNO/c15-7-8-17(13-5-2-6-13)14(18)10-11-3-1-4-12(16)9-11/h1,3-4,9,13H,2,5-8,10H2. The Labute approximate surface area is 112 Å². The second-order valence-electron chi connectivity index (χ2n) is 4.67. The summed E-state index contributed by atoms with van der Waals surface area (Å²) in [6, 6.07) is 6.55. The number of carbonyl (C=O) groups is 1. The molecule has 0 heterocycles. The van der Waals surface area contributed by atoms with Gasteiger partial charge in [-0.15, -0.1) is 11.6 Å². The number of rotatable bonds is 5. The summed E-state index contributed by atoms with van der Waals surface area (Å²) in [6.07, 6.45) is 3.55. The summed E-state index contributed by atoms with van der Waals surface area (Å²) < 4.78 is 13.1. The van der Waals surface area contributed by atoms with Crippen molar-refractivity contribution in [2.45, 2.75) is 31.7 Å². The zero-order valence-electron chi connectivity index (χ0n) is 10.2. The highest BCUT2D eigenvalue weighted by Gasteiger charge is 2.28. The molecular weight excluding hydrogens is 253 g/mol. The topological polar surface area (TPSA) is 20.3 Å². The van der Waals surface area contributed by atoms with Crippen molar-refractivity contribution in [3.63, 3.8) is 0 Å². The Bertz CT molecular complexity index is 420. The van der Waals surface area contributed by atoms with Crippen molar-refractivity contribution in [2.75, 3.05) is 12.4 Å². The van der Waals surface area contributed by atoms with Gasteiger partial charge >= 0.3 is 0 Å². The molecular formula is C14H17ClFNO. The molecule has 0 atom stereocenters. The largest absolute Gasteiger partial charge is 0.338 e. The maximum atomic E-state index is 13.1. The number of hydrogen-bond acceptors (Lipinski definition) is 1. The van der Waals surface area contributed by atoms with E-state index < -0.39 is 0 Å². The summed E-state index contributed by atoms with van der Waals surface area (Å²) >= 11 is 5.74. The predicted molar refractivity (Wildman–Crippen MR) is 70.2 cm³/mol. The van der Waals surface area contributed by atoms with E-state index in [0.717, 1.165) is 18.4 Å². The Kier molecular flexibility index (Phi) is 4.59. The lowest BCUT2D eigenvalue weighted by Crippen LogP contribution is -2.45. The van der Waals surface area contributed by atoms with Gasteiger partial charge in [-0.3, -0.25) is 4.79 Å². The predicted octanol–water partition coefficient (Wildman–Crippen LogP) is 2.99. The third-order valence-corrected chi connectivity index (χ3v) is 3.57. The lowest BCUT2D eigenvalue weighted by atomic mass is 9.91. The van der Waals surface area contributed by atoms with Crippen molar-refractivity contribution < 1.29 is 9.18 Å². The second kappa shape index (κ2) is 6.19. The molecule has 4 heteroatoms. The van der Waals surface area contributed by atoms with Crippen molar-refractivity contribution in [3.8, 4) is 0 Å². The highest BCUT2D eigenvalue weighted by atomic mass is 35.5. The van der Waals surface area contributed by atoms with Crippen LogP contribution in [0, 0.1) is 5.82 Å². The van der Waals surface area contributed by atoms with Crippen LogP contribution in [0.1, 0.15) is 24.8 Å². The second-order valence-corrected chi connectivity index (χ2v) is 5.05. The number of benzene rings is 1. The SMILES string of the molecule is O=C(Cc1cccc(F)c1)N(CCCl)C1CCC1. The molecule has 1 aliphatic carbocycles. The summed E-state index contributed by atoms with van der Waals surface area (Å²) in [5, 5.41) is 0. The molecule has 18 heavy (non-hydrogen) atoms. The van der Waals surface area contributed by atoms with Gasteiger partial charge in [0.05, 0.1) is 6.42 Å². The molecule has 1 aromatic carbocycles. The molecule has 0 aromatic heterocycles. The maximum Gasteiger partial charge on any atom is 0.227 e. The third-order valence-electron chi connectivity index (χ3n) is 3.41. The number of carbonyl (C=O) groups excluding carboxylic acids is 1. The number of amides is 1. The zero-order valence-corrected chi connectivity index (χ0v) is 11.0. The number of nitrogens with zero attached hydrogens (tertiary/aromatic N) is 1. The van der Waals surface area contributed by atoms with Crippen LogP contribution in [-0.2, 0) is 11.2 Å². The fourth-order valence-electron chi connectivity index (χ4n) is 2.22. The van der Waals surface area contributed by atoms with Gasteiger partial charge in [0.2, 0.25) is 5.91 Å². The highest BCUT2D eigenvalue weighted by molar-refractivity contribution is 6.18. The molecule has 0 spiro atoms. The molecule has 1 aliphatic rings. The van der Waals surface area contributed by atoms with Crippen LogP contribution in [0.25, 0.3) is 0 Å². The Morgan fingerprint density at radius 1 is 1.44 bits per heavy atom. The van der Waals surface area contributed by atoms with E-state index in [4.69, 9.17) is 11.6 Å². The first kappa shape index (κ1) is 13.3. The van der Waals surface area contributed by atoms with Crippen LogP contribution >= 0.6 is 11.6 Å². The third kappa shape index (κ3) is 3.22. The van der Waals surface area contributed by atoms with Crippen LogP contribution in [0.4, 0.5) is 4.39 Å². The smallest absolute Gasteiger partial charge is 0.227 e. The van der Waals surface area contributed by atoms with Gasteiger partial charge < -0.3 is 4.90 Å². The first-order valence-electron chi connectivity index (χ1n) is 6.30.